The molecular weight excluding hydrogens is 396 g/mol. The van der Waals surface area contributed by atoms with E-state index >= 15 is 0 Å². The third-order valence-corrected chi connectivity index (χ3v) is 7.45. The Morgan fingerprint density at radius 1 is 1.04 bits per heavy atom. The molecular formula is C19H18N4O3S2. The van der Waals surface area contributed by atoms with Gasteiger partial charge in [-0.3, -0.25) is 4.79 Å². The highest BCUT2D eigenvalue weighted by Gasteiger charge is 2.38. The van der Waals surface area contributed by atoms with E-state index in [1.165, 1.54) is 4.31 Å². The van der Waals surface area contributed by atoms with Crippen LogP contribution in [0.4, 0.5) is 5.69 Å². The Labute approximate surface area is 167 Å². The average molecular weight is 415 g/mol. The van der Waals surface area contributed by atoms with Gasteiger partial charge in [0.1, 0.15) is 5.01 Å². The first kappa shape index (κ1) is 18.7. The molecule has 1 saturated heterocycles. The van der Waals surface area contributed by atoms with Crippen LogP contribution in [0.1, 0.15) is 33.7 Å². The van der Waals surface area contributed by atoms with Crippen molar-refractivity contribution in [3.8, 4) is 0 Å². The highest BCUT2D eigenvalue weighted by atomic mass is 32.2. The quantitative estimate of drug-likeness (QED) is 0.691. The second-order valence-corrected chi connectivity index (χ2v) is 9.25. The number of aromatic nitrogens is 2. The minimum atomic E-state index is -3.62. The topological polar surface area (TPSA) is 92.3 Å². The van der Waals surface area contributed by atoms with Crippen LogP contribution < -0.4 is 5.32 Å². The zero-order valence-electron chi connectivity index (χ0n) is 14.9. The predicted molar refractivity (Wildman–Crippen MR) is 107 cm³/mol. The molecule has 1 aliphatic heterocycles. The van der Waals surface area contributed by atoms with E-state index < -0.39 is 16.1 Å². The Morgan fingerprint density at radius 2 is 1.71 bits per heavy atom. The molecule has 0 unspecified atom stereocenters. The fourth-order valence-electron chi connectivity index (χ4n) is 3.17. The number of anilines is 1. The van der Waals surface area contributed by atoms with Crippen molar-refractivity contribution in [2.45, 2.75) is 23.8 Å². The molecule has 7 nitrogen and oxygen atoms in total. The summed E-state index contributed by atoms with van der Waals surface area (Å²) in [5.74, 6) is -0.356. The molecule has 0 aliphatic carbocycles. The smallest absolute Gasteiger partial charge is 0.286 e. The van der Waals surface area contributed by atoms with Gasteiger partial charge in [-0.05, 0) is 37.1 Å². The van der Waals surface area contributed by atoms with Gasteiger partial charge in [0, 0.05) is 12.2 Å². The lowest BCUT2D eigenvalue weighted by molar-refractivity contribution is 0.102. The van der Waals surface area contributed by atoms with E-state index in [0.29, 0.717) is 23.7 Å². The van der Waals surface area contributed by atoms with Crippen molar-refractivity contribution in [1.29, 1.82) is 0 Å². The highest BCUT2D eigenvalue weighted by Crippen LogP contribution is 2.37. The fourth-order valence-corrected chi connectivity index (χ4v) is 5.80. The standard InChI is InChI=1S/C19H18N4O3S2/c24-17(20-14-8-3-1-4-9-14)19-22-21-18(27-19)16-12-7-13-23(16)28(25,26)15-10-5-2-6-11-15/h1-6,8-11,16H,7,12-13H2,(H,20,24)/t16-/m0/s1. The van der Waals surface area contributed by atoms with Gasteiger partial charge in [0.05, 0.1) is 10.9 Å². The number of carbonyl (C=O) groups is 1. The van der Waals surface area contributed by atoms with E-state index in [4.69, 9.17) is 0 Å². The number of nitrogens with one attached hydrogen (secondary N) is 1. The number of sulfonamides is 1. The van der Waals surface area contributed by atoms with Gasteiger partial charge in [0.2, 0.25) is 15.0 Å². The van der Waals surface area contributed by atoms with Crippen LogP contribution in [0.3, 0.4) is 0 Å². The minimum Gasteiger partial charge on any atom is -0.320 e. The molecule has 1 atom stereocenters. The third-order valence-electron chi connectivity index (χ3n) is 4.51. The maximum absolute atomic E-state index is 13.0. The van der Waals surface area contributed by atoms with Crippen molar-refractivity contribution in [1.82, 2.24) is 14.5 Å². The predicted octanol–water partition coefficient (Wildman–Crippen LogP) is 3.32. The molecule has 0 saturated carbocycles. The molecule has 1 N–H and O–H groups in total. The largest absolute Gasteiger partial charge is 0.320 e. The van der Waals surface area contributed by atoms with Gasteiger partial charge in [-0.1, -0.05) is 47.7 Å². The van der Waals surface area contributed by atoms with E-state index in [1.807, 2.05) is 18.2 Å². The number of amides is 1. The Bertz CT molecular complexity index is 1070. The Hall–Kier alpha value is -2.62. The summed E-state index contributed by atoms with van der Waals surface area (Å²) >= 11 is 1.13. The Morgan fingerprint density at radius 3 is 2.43 bits per heavy atom. The van der Waals surface area contributed by atoms with Crippen molar-refractivity contribution in [3.63, 3.8) is 0 Å². The molecule has 4 rings (SSSR count). The van der Waals surface area contributed by atoms with Crippen LogP contribution in [0.5, 0.6) is 0 Å². The van der Waals surface area contributed by atoms with E-state index in [-0.39, 0.29) is 15.8 Å². The van der Waals surface area contributed by atoms with Crippen LogP contribution in [0.25, 0.3) is 0 Å². The van der Waals surface area contributed by atoms with E-state index in [1.54, 1.807) is 42.5 Å². The first-order chi connectivity index (χ1) is 13.6. The number of rotatable bonds is 5. The van der Waals surface area contributed by atoms with Gasteiger partial charge in [0.25, 0.3) is 5.91 Å². The molecule has 1 amide bonds. The summed E-state index contributed by atoms with van der Waals surface area (Å²) in [5, 5.41) is 11.6. The normalized spacial score (nSPS) is 17.5. The Balaban J connectivity index is 1.55. The molecule has 1 aromatic heterocycles. The molecule has 2 aromatic carbocycles. The van der Waals surface area contributed by atoms with E-state index in [2.05, 4.69) is 15.5 Å². The van der Waals surface area contributed by atoms with Crippen molar-refractivity contribution >= 4 is 33.0 Å². The molecule has 1 fully saturated rings. The van der Waals surface area contributed by atoms with Crippen molar-refractivity contribution in [2.24, 2.45) is 0 Å². The summed E-state index contributed by atoms with van der Waals surface area (Å²) in [6, 6.07) is 17.0. The number of hydrogen-bond donors (Lipinski definition) is 1. The maximum atomic E-state index is 13.0. The summed E-state index contributed by atoms with van der Waals surface area (Å²) in [6.07, 6.45) is 1.39. The van der Waals surface area contributed by atoms with Gasteiger partial charge < -0.3 is 5.32 Å². The molecule has 28 heavy (non-hydrogen) atoms. The highest BCUT2D eigenvalue weighted by molar-refractivity contribution is 7.89. The number of para-hydroxylation sites is 1. The fraction of sp³-hybridized carbons (Fsp3) is 0.211. The molecule has 1 aliphatic rings. The van der Waals surface area contributed by atoms with Gasteiger partial charge in [-0.15, -0.1) is 10.2 Å². The Kier molecular flexibility index (Phi) is 5.21. The second kappa shape index (κ2) is 7.78. The molecule has 2 heterocycles. The zero-order chi connectivity index (χ0) is 19.6. The first-order valence-corrected chi connectivity index (χ1v) is 11.1. The van der Waals surface area contributed by atoms with E-state index in [0.717, 1.165) is 17.8 Å². The monoisotopic (exact) mass is 414 g/mol. The van der Waals surface area contributed by atoms with Gasteiger partial charge in [-0.25, -0.2) is 8.42 Å². The van der Waals surface area contributed by atoms with E-state index in [9.17, 15) is 13.2 Å². The number of hydrogen-bond acceptors (Lipinski definition) is 6. The van der Waals surface area contributed by atoms with Crippen LogP contribution in [0.2, 0.25) is 0 Å². The minimum absolute atomic E-state index is 0.211. The molecule has 9 heteroatoms. The first-order valence-electron chi connectivity index (χ1n) is 8.82. The maximum Gasteiger partial charge on any atom is 0.286 e. The summed E-state index contributed by atoms with van der Waals surface area (Å²) in [6.45, 7) is 0.424. The van der Waals surface area contributed by atoms with Gasteiger partial charge in [0.15, 0.2) is 0 Å². The number of nitrogens with zero attached hydrogens (tertiary/aromatic N) is 3. The lowest BCUT2D eigenvalue weighted by atomic mass is 10.2. The SMILES string of the molecule is O=C(Nc1ccccc1)c1nnc([C@@H]2CCCN2S(=O)(=O)c2ccccc2)s1. The van der Waals surface area contributed by atoms with Crippen LogP contribution in [-0.4, -0.2) is 35.4 Å². The zero-order valence-corrected chi connectivity index (χ0v) is 16.5. The molecule has 3 aromatic rings. The van der Waals surface area contributed by atoms with Gasteiger partial charge >= 0.3 is 0 Å². The van der Waals surface area contributed by atoms with Crippen molar-refractivity contribution in [3.05, 3.63) is 70.7 Å². The third kappa shape index (κ3) is 3.68. The lowest BCUT2D eigenvalue weighted by Crippen LogP contribution is -2.30. The molecule has 0 bridgehead atoms. The number of carbonyl (C=O) groups excluding carboxylic acids is 1. The van der Waals surface area contributed by atoms with Gasteiger partial charge in [-0.2, -0.15) is 4.31 Å². The summed E-state index contributed by atoms with van der Waals surface area (Å²) < 4.78 is 27.5. The molecule has 144 valence electrons. The summed E-state index contributed by atoms with van der Waals surface area (Å²) in [4.78, 5) is 12.7. The van der Waals surface area contributed by atoms with Crippen LogP contribution in [0, 0.1) is 0 Å². The second-order valence-electron chi connectivity index (χ2n) is 6.35. The van der Waals surface area contributed by atoms with Crippen LogP contribution in [0.15, 0.2) is 65.6 Å². The summed E-state index contributed by atoms with van der Waals surface area (Å²) in [7, 11) is -3.62. The summed E-state index contributed by atoms with van der Waals surface area (Å²) in [5.41, 5.74) is 0.665. The van der Waals surface area contributed by atoms with Crippen molar-refractivity contribution < 1.29 is 13.2 Å². The average Bonchev–Trinajstić information content (AvgIpc) is 3.39. The molecule has 0 radical (unpaired) electrons. The lowest BCUT2D eigenvalue weighted by Gasteiger charge is -2.22. The number of benzene rings is 2. The van der Waals surface area contributed by atoms with Crippen LogP contribution >= 0.6 is 11.3 Å². The van der Waals surface area contributed by atoms with Crippen molar-refractivity contribution in [2.75, 3.05) is 11.9 Å². The van der Waals surface area contributed by atoms with Crippen LogP contribution in [-0.2, 0) is 10.0 Å². The molecule has 0 spiro atoms.